The summed E-state index contributed by atoms with van der Waals surface area (Å²) in [4.78, 5) is 22.0. The summed E-state index contributed by atoms with van der Waals surface area (Å²) in [5.41, 5.74) is 4.20. The molecule has 0 spiro atoms. The number of halogens is 1. The molecule has 6 nitrogen and oxygen atoms in total. The van der Waals surface area contributed by atoms with Crippen LogP contribution in [0.4, 0.5) is 0 Å². The van der Waals surface area contributed by atoms with E-state index in [0.29, 0.717) is 11.7 Å². The first kappa shape index (κ1) is 19.1. The first-order chi connectivity index (χ1) is 12.4. The Labute approximate surface area is 171 Å². The molecule has 0 bridgehead atoms. The molecular weight excluding hydrogens is 463 g/mol. The van der Waals surface area contributed by atoms with E-state index in [9.17, 15) is 4.79 Å². The van der Waals surface area contributed by atoms with Gasteiger partial charge in [-0.15, -0.1) is 0 Å². The van der Waals surface area contributed by atoms with Crippen LogP contribution >= 0.6 is 34.8 Å². The van der Waals surface area contributed by atoms with Crippen LogP contribution in [0.2, 0.25) is 0 Å². The Morgan fingerprint density at radius 3 is 2.73 bits per heavy atom. The molecule has 8 heteroatoms. The Morgan fingerprint density at radius 2 is 2.15 bits per heavy atom. The first-order valence-electron chi connectivity index (χ1n) is 8.42. The van der Waals surface area contributed by atoms with Crippen LogP contribution in [0.3, 0.4) is 0 Å². The topological polar surface area (TPSA) is 70.2 Å². The molecule has 26 heavy (non-hydrogen) atoms. The number of H-pyrrole nitrogens is 1. The number of carbonyl (C=O) groups is 1. The number of hydrogen-bond donors (Lipinski definition) is 2. The molecule has 1 aliphatic heterocycles. The van der Waals surface area contributed by atoms with E-state index in [2.05, 4.69) is 37.9 Å². The van der Waals surface area contributed by atoms with Crippen LogP contribution in [0.25, 0.3) is 0 Å². The Morgan fingerprint density at radius 1 is 1.38 bits per heavy atom. The number of aromatic amines is 1. The second kappa shape index (κ2) is 7.91. The van der Waals surface area contributed by atoms with Gasteiger partial charge in [0.05, 0.1) is 24.4 Å². The number of carbonyl (C=O) groups excluding carboxylic acids is 1. The number of rotatable bonds is 5. The first-order valence-corrected chi connectivity index (χ1v) is 9.91. The van der Waals surface area contributed by atoms with Gasteiger partial charge in [0.25, 0.3) is 0 Å². The molecule has 3 rings (SSSR count). The zero-order valence-electron chi connectivity index (χ0n) is 14.9. The maximum absolute atomic E-state index is 12.2. The molecule has 2 atom stereocenters. The van der Waals surface area contributed by atoms with Crippen molar-refractivity contribution < 1.29 is 9.53 Å². The molecule has 2 aromatic heterocycles. The average Bonchev–Trinajstić information content (AvgIpc) is 3.05. The van der Waals surface area contributed by atoms with Gasteiger partial charge in [0, 0.05) is 26.7 Å². The number of esters is 1. The fraction of sp³-hybridized carbons (Fsp3) is 0.389. The van der Waals surface area contributed by atoms with Crippen LogP contribution < -0.4 is 5.32 Å². The number of thiocarbonyl (C=S) groups is 1. The van der Waals surface area contributed by atoms with Crippen molar-refractivity contribution >= 4 is 45.9 Å². The zero-order valence-corrected chi connectivity index (χ0v) is 17.8. The predicted octanol–water partition coefficient (Wildman–Crippen LogP) is 3.17. The van der Waals surface area contributed by atoms with E-state index in [1.165, 1.54) is 0 Å². The van der Waals surface area contributed by atoms with Crippen molar-refractivity contribution in [3.05, 3.63) is 50.6 Å². The van der Waals surface area contributed by atoms with Crippen LogP contribution in [-0.2, 0) is 9.53 Å². The summed E-state index contributed by atoms with van der Waals surface area (Å²) in [6, 6.07) is 5.54. The van der Waals surface area contributed by atoms with E-state index in [4.69, 9.17) is 17.0 Å². The van der Waals surface area contributed by atoms with Gasteiger partial charge in [-0.05, 0) is 67.7 Å². The summed E-state index contributed by atoms with van der Waals surface area (Å²) in [6.07, 6.45) is 1.77. The standard InChI is InChI=1S/C18H21IN4O2S/c1-4-25-13(24)9-23-17(14-10(2)21-11(3)15(14)19)16(22-18(23)26)12-7-5-6-8-20-12/h5-8,16-17,21H,4,9H2,1-3H3,(H,22,26)/t16-,17-/m1/s1. The van der Waals surface area contributed by atoms with E-state index < -0.39 is 0 Å². The molecule has 138 valence electrons. The van der Waals surface area contributed by atoms with Crippen LogP contribution in [0.5, 0.6) is 0 Å². The minimum absolute atomic E-state index is 0.105. The Hall–Kier alpha value is -1.68. The van der Waals surface area contributed by atoms with Gasteiger partial charge in [-0.2, -0.15) is 0 Å². The van der Waals surface area contributed by atoms with Gasteiger partial charge in [-0.3, -0.25) is 9.78 Å². The van der Waals surface area contributed by atoms with Gasteiger partial charge in [-0.1, -0.05) is 6.07 Å². The number of aryl methyl sites for hydroxylation is 2. The number of ether oxygens (including phenoxy) is 1. The van der Waals surface area contributed by atoms with E-state index in [1.807, 2.05) is 36.9 Å². The van der Waals surface area contributed by atoms with Gasteiger partial charge >= 0.3 is 5.97 Å². The molecule has 0 radical (unpaired) electrons. The van der Waals surface area contributed by atoms with Gasteiger partial charge in [-0.25, -0.2) is 0 Å². The maximum atomic E-state index is 12.2. The fourth-order valence-corrected chi connectivity index (χ4v) is 4.52. The Kier molecular flexibility index (Phi) is 5.81. The SMILES string of the molecule is CCOC(=O)CN1C(=S)N[C@H](c2ccccn2)[C@H]1c1c(C)[nH]c(C)c1I. The third-order valence-electron chi connectivity index (χ3n) is 4.44. The molecule has 1 fully saturated rings. The summed E-state index contributed by atoms with van der Waals surface area (Å²) in [5.74, 6) is -0.289. The summed E-state index contributed by atoms with van der Waals surface area (Å²) in [6.45, 7) is 6.35. The second-order valence-corrected chi connectivity index (χ2v) is 7.63. The quantitative estimate of drug-likeness (QED) is 0.386. The van der Waals surface area contributed by atoms with Crippen molar-refractivity contribution in [2.24, 2.45) is 0 Å². The van der Waals surface area contributed by atoms with E-state index in [0.717, 1.165) is 26.2 Å². The lowest BCUT2D eigenvalue weighted by atomic mass is 9.97. The van der Waals surface area contributed by atoms with Crippen LogP contribution in [0.1, 0.15) is 41.7 Å². The van der Waals surface area contributed by atoms with Crippen molar-refractivity contribution in [3.63, 3.8) is 0 Å². The molecule has 0 aromatic carbocycles. The highest BCUT2D eigenvalue weighted by atomic mass is 127. The number of nitrogens with one attached hydrogen (secondary N) is 2. The largest absolute Gasteiger partial charge is 0.465 e. The molecule has 0 aliphatic carbocycles. The van der Waals surface area contributed by atoms with Crippen molar-refractivity contribution in [2.45, 2.75) is 32.9 Å². The maximum Gasteiger partial charge on any atom is 0.325 e. The molecule has 2 aromatic rings. The molecule has 0 amide bonds. The highest BCUT2D eigenvalue weighted by Gasteiger charge is 2.43. The molecule has 0 unspecified atom stereocenters. The normalized spacial score (nSPS) is 19.5. The van der Waals surface area contributed by atoms with Crippen LogP contribution in [-0.4, -0.2) is 39.1 Å². The molecule has 1 aliphatic rings. The van der Waals surface area contributed by atoms with Crippen molar-refractivity contribution in [2.75, 3.05) is 13.2 Å². The van der Waals surface area contributed by atoms with Gasteiger partial charge in [0.1, 0.15) is 6.54 Å². The highest BCUT2D eigenvalue weighted by Crippen LogP contribution is 2.42. The molecule has 3 heterocycles. The monoisotopic (exact) mass is 484 g/mol. The van der Waals surface area contributed by atoms with E-state index in [-0.39, 0.29) is 24.6 Å². The minimum Gasteiger partial charge on any atom is -0.465 e. The van der Waals surface area contributed by atoms with Crippen molar-refractivity contribution in [1.29, 1.82) is 0 Å². The summed E-state index contributed by atoms with van der Waals surface area (Å²) >= 11 is 7.90. The number of aromatic nitrogens is 2. The summed E-state index contributed by atoms with van der Waals surface area (Å²) < 4.78 is 6.29. The third kappa shape index (κ3) is 3.57. The van der Waals surface area contributed by atoms with E-state index >= 15 is 0 Å². The highest BCUT2D eigenvalue weighted by molar-refractivity contribution is 14.1. The van der Waals surface area contributed by atoms with Gasteiger partial charge in [0.15, 0.2) is 5.11 Å². The Bertz CT molecular complexity index is 824. The zero-order chi connectivity index (χ0) is 18.8. The van der Waals surface area contributed by atoms with Crippen molar-refractivity contribution in [3.8, 4) is 0 Å². The molecule has 1 saturated heterocycles. The third-order valence-corrected chi connectivity index (χ3v) is 6.19. The van der Waals surface area contributed by atoms with Gasteiger partial charge in [0.2, 0.25) is 0 Å². The predicted molar refractivity (Wildman–Crippen MR) is 112 cm³/mol. The van der Waals surface area contributed by atoms with Gasteiger partial charge < -0.3 is 19.9 Å². The average molecular weight is 484 g/mol. The number of nitrogens with zero attached hydrogens (tertiary/aromatic N) is 2. The van der Waals surface area contributed by atoms with Crippen LogP contribution in [0, 0.1) is 17.4 Å². The van der Waals surface area contributed by atoms with Crippen molar-refractivity contribution in [1.82, 2.24) is 20.2 Å². The lowest BCUT2D eigenvalue weighted by Crippen LogP contribution is -2.35. The molecule has 2 N–H and O–H groups in total. The lowest BCUT2D eigenvalue weighted by Gasteiger charge is -2.27. The Balaban J connectivity index is 2.06. The second-order valence-electron chi connectivity index (χ2n) is 6.16. The fourth-order valence-electron chi connectivity index (χ4n) is 3.36. The summed E-state index contributed by atoms with van der Waals surface area (Å²) in [5, 5.41) is 3.88. The van der Waals surface area contributed by atoms with Crippen LogP contribution in [0.15, 0.2) is 24.4 Å². The number of hydrogen-bond acceptors (Lipinski definition) is 4. The molecular formula is C18H21IN4O2S. The smallest absolute Gasteiger partial charge is 0.325 e. The van der Waals surface area contributed by atoms with E-state index in [1.54, 1.807) is 13.1 Å². The number of pyridine rings is 1. The molecule has 0 saturated carbocycles. The summed E-state index contributed by atoms with van der Waals surface area (Å²) in [7, 11) is 0. The lowest BCUT2D eigenvalue weighted by molar-refractivity contribution is -0.143. The minimum atomic E-state index is -0.289.